The van der Waals surface area contributed by atoms with Crippen molar-refractivity contribution in [1.29, 1.82) is 0 Å². The Kier molecular flexibility index (Phi) is 4.84. The van der Waals surface area contributed by atoms with Crippen LogP contribution in [0.25, 0.3) is 0 Å². The van der Waals surface area contributed by atoms with E-state index in [-0.39, 0.29) is 11.5 Å². The minimum Gasteiger partial charge on any atom is -0.323 e. The van der Waals surface area contributed by atoms with Crippen LogP contribution in [-0.4, -0.2) is 0 Å². The summed E-state index contributed by atoms with van der Waals surface area (Å²) in [5.74, 6) is 0. The molecule has 2 aromatic rings. The van der Waals surface area contributed by atoms with Crippen molar-refractivity contribution in [1.82, 2.24) is 0 Å². The third-order valence-electron chi connectivity index (χ3n) is 4.81. The molecule has 0 aromatic heterocycles. The Balaban J connectivity index is 2.51. The Labute approximate surface area is 129 Å². The van der Waals surface area contributed by atoms with Gasteiger partial charge in [0.15, 0.2) is 0 Å². The number of aryl methyl sites for hydroxylation is 2. The van der Waals surface area contributed by atoms with Crippen LogP contribution in [0.1, 0.15) is 55.0 Å². The standard InChI is InChI=1S/C20H27N/c1-5-20(6-2,18-10-8-7-9-11-18)19(21)17-13-15(3)12-16(4)14-17/h7-14,19H,5-6,21H2,1-4H3. The van der Waals surface area contributed by atoms with Crippen LogP contribution in [0.15, 0.2) is 48.5 Å². The van der Waals surface area contributed by atoms with E-state index in [9.17, 15) is 0 Å². The summed E-state index contributed by atoms with van der Waals surface area (Å²) in [6.45, 7) is 8.79. The lowest BCUT2D eigenvalue weighted by molar-refractivity contribution is 0.322. The number of nitrogens with two attached hydrogens (primary N) is 1. The molecule has 0 bridgehead atoms. The van der Waals surface area contributed by atoms with E-state index in [4.69, 9.17) is 5.73 Å². The Bertz CT molecular complexity index is 562. The van der Waals surface area contributed by atoms with Crippen LogP contribution in [0.3, 0.4) is 0 Å². The molecule has 21 heavy (non-hydrogen) atoms. The molecular formula is C20H27N. The van der Waals surface area contributed by atoms with Gasteiger partial charge in [0.1, 0.15) is 0 Å². The second kappa shape index (κ2) is 6.44. The molecule has 0 heterocycles. The van der Waals surface area contributed by atoms with Crippen molar-refractivity contribution < 1.29 is 0 Å². The molecule has 0 aliphatic heterocycles. The van der Waals surface area contributed by atoms with Crippen LogP contribution in [0.2, 0.25) is 0 Å². The van der Waals surface area contributed by atoms with E-state index in [1.165, 1.54) is 22.3 Å². The fourth-order valence-corrected chi connectivity index (χ4v) is 3.56. The predicted molar refractivity (Wildman–Crippen MR) is 91.5 cm³/mol. The van der Waals surface area contributed by atoms with Crippen LogP contribution in [-0.2, 0) is 5.41 Å². The highest BCUT2D eigenvalue weighted by Gasteiger charge is 2.36. The summed E-state index contributed by atoms with van der Waals surface area (Å²) >= 11 is 0. The normalized spacial score (nSPS) is 13.2. The molecule has 0 amide bonds. The van der Waals surface area contributed by atoms with Crippen molar-refractivity contribution in [2.24, 2.45) is 5.73 Å². The highest BCUT2D eigenvalue weighted by Crippen LogP contribution is 2.42. The van der Waals surface area contributed by atoms with Gasteiger partial charge >= 0.3 is 0 Å². The molecule has 0 spiro atoms. The van der Waals surface area contributed by atoms with Crippen molar-refractivity contribution in [3.05, 3.63) is 70.8 Å². The first-order chi connectivity index (χ1) is 10.0. The summed E-state index contributed by atoms with van der Waals surface area (Å²) in [6, 6.07) is 17.4. The Morgan fingerprint density at radius 2 is 1.43 bits per heavy atom. The SMILES string of the molecule is CCC(CC)(c1ccccc1)C(N)c1cc(C)cc(C)c1. The highest BCUT2D eigenvalue weighted by molar-refractivity contribution is 5.36. The van der Waals surface area contributed by atoms with E-state index in [0.717, 1.165) is 12.8 Å². The minimum atomic E-state index is 0.00148. The first-order valence-electron chi connectivity index (χ1n) is 7.92. The average molecular weight is 281 g/mol. The maximum atomic E-state index is 6.77. The quantitative estimate of drug-likeness (QED) is 0.814. The summed E-state index contributed by atoms with van der Waals surface area (Å²) < 4.78 is 0. The molecule has 0 saturated heterocycles. The van der Waals surface area contributed by atoms with Crippen LogP contribution in [0, 0.1) is 13.8 Å². The predicted octanol–water partition coefficient (Wildman–Crippen LogP) is 5.06. The third-order valence-corrected chi connectivity index (χ3v) is 4.81. The van der Waals surface area contributed by atoms with Crippen molar-refractivity contribution in [2.75, 3.05) is 0 Å². The van der Waals surface area contributed by atoms with Gasteiger partial charge in [-0.1, -0.05) is 73.5 Å². The zero-order valence-electron chi connectivity index (χ0n) is 13.7. The molecule has 1 nitrogen and oxygen atoms in total. The van der Waals surface area contributed by atoms with Gasteiger partial charge in [0.05, 0.1) is 0 Å². The molecular weight excluding hydrogens is 254 g/mol. The summed E-state index contributed by atoms with van der Waals surface area (Å²) in [6.07, 6.45) is 2.09. The van der Waals surface area contributed by atoms with Crippen molar-refractivity contribution in [3.63, 3.8) is 0 Å². The van der Waals surface area contributed by atoms with Gasteiger partial charge in [-0.05, 0) is 37.8 Å². The zero-order chi connectivity index (χ0) is 15.5. The van der Waals surface area contributed by atoms with E-state index in [0.29, 0.717) is 0 Å². The number of rotatable bonds is 5. The zero-order valence-corrected chi connectivity index (χ0v) is 13.7. The smallest absolute Gasteiger partial charge is 0.0393 e. The lowest BCUT2D eigenvalue weighted by Crippen LogP contribution is -2.38. The summed E-state index contributed by atoms with van der Waals surface area (Å²) in [4.78, 5) is 0. The van der Waals surface area contributed by atoms with Crippen LogP contribution >= 0.6 is 0 Å². The van der Waals surface area contributed by atoms with Crippen LogP contribution in [0.4, 0.5) is 0 Å². The van der Waals surface area contributed by atoms with Gasteiger partial charge in [0.25, 0.3) is 0 Å². The van der Waals surface area contributed by atoms with Gasteiger partial charge < -0.3 is 5.73 Å². The maximum absolute atomic E-state index is 6.77. The Morgan fingerprint density at radius 3 is 1.90 bits per heavy atom. The molecule has 112 valence electrons. The molecule has 2 N–H and O–H groups in total. The van der Waals surface area contributed by atoms with E-state index in [1.807, 2.05) is 0 Å². The molecule has 0 aliphatic rings. The van der Waals surface area contributed by atoms with E-state index in [2.05, 4.69) is 76.2 Å². The van der Waals surface area contributed by atoms with Gasteiger partial charge in [-0.3, -0.25) is 0 Å². The summed E-state index contributed by atoms with van der Waals surface area (Å²) in [7, 11) is 0. The topological polar surface area (TPSA) is 26.0 Å². The van der Waals surface area contributed by atoms with Gasteiger partial charge in [-0.15, -0.1) is 0 Å². The fraction of sp³-hybridized carbons (Fsp3) is 0.400. The number of hydrogen-bond donors (Lipinski definition) is 1. The third kappa shape index (κ3) is 3.03. The minimum absolute atomic E-state index is 0.00148. The highest BCUT2D eigenvalue weighted by atomic mass is 14.7. The summed E-state index contributed by atoms with van der Waals surface area (Å²) in [5.41, 5.74) is 11.9. The van der Waals surface area contributed by atoms with Gasteiger partial charge in [0, 0.05) is 11.5 Å². The molecule has 0 fully saturated rings. The molecule has 1 heteroatoms. The second-order valence-electron chi connectivity index (χ2n) is 6.13. The molecule has 0 radical (unpaired) electrons. The monoisotopic (exact) mass is 281 g/mol. The fourth-order valence-electron chi connectivity index (χ4n) is 3.56. The largest absolute Gasteiger partial charge is 0.323 e. The van der Waals surface area contributed by atoms with Crippen molar-refractivity contribution in [3.8, 4) is 0 Å². The van der Waals surface area contributed by atoms with Crippen LogP contribution < -0.4 is 5.73 Å². The van der Waals surface area contributed by atoms with Crippen molar-refractivity contribution >= 4 is 0 Å². The molecule has 1 atom stereocenters. The van der Waals surface area contributed by atoms with Gasteiger partial charge in [0.2, 0.25) is 0 Å². The maximum Gasteiger partial charge on any atom is 0.0393 e. The van der Waals surface area contributed by atoms with E-state index >= 15 is 0 Å². The molecule has 0 aliphatic carbocycles. The number of hydrogen-bond acceptors (Lipinski definition) is 1. The lowest BCUT2D eigenvalue weighted by Gasteiger charge is -2.39. The average Bonchev–Trinajstić information content (AvgIpc) is 2.49. The second-order valence-corrected chi connectivity index (χ2v) is 6.13. The summed E-state index contributed by atoms with van der Waals surface area (Å²) in [5, 5.41) is 0. The van der Waals surface area contributed by atoms with Gasteiger partial charge in [-0.2, -0.15) is 0 Å². The first kappa shape index (κ1) is 15.8. The van der Waals surface area contributed by atoms with Crippen LogP contribution in [0.5, 0.6) is 0 Å². The Morgan fingerprint density at radius 1 is 0.905 bits per heavy atom. The molecule has 2 aromatic carbocycles. The van der Waals surface area contributed by atoms with E-state index in [1.54, 1.807) is 0 Å². The van der Waals surface area contributed by atoms with E-state index < -0.39 is 0 Å². The molecule has 0 saturated carbocycles. The molecule has 2 rings (SSSR count). The number of benzene rings is 2. The first-order valence-corrected chi connectivity index (χ1v) is 7.92. The Hall–Kier alpha value is -1.60. The van der Waals surface area contributed by atoms with Crippen molar-refractivity contribution in [2.45, 2.75) is 52.0 Å². The van der Waals surface area contributed by atoms with Gasteiger partial charge in [-0.25, -0.2) is 0 Å². The molecule has 1 unspecified atom stereocenters. The lowest BCUT2D eigenvalue weighted by atomic mass is 9.68.